The Kier molecular flexibility index (Phi) is 6.80. The topological polar surface area (TPSA) is 111 Å². The Morgan fingerprint density at radius 3 is 2.52 bits per heavy atom. The number of thioether (sulfide) groups is 1. The van der Waals surface area contributed by atoms with E-state index in [0.29, 0.717) is 23.1 Å². The normalized spacial score (nSPS) is 11.5. The van der Waals surface area contributed by atoms with Crippen molar-refractivity contribution in [2.24, 2.45) is 0 Å². The zero-order valence-electron chi connectivity index (χ0n) is 15.9. The lowest BCUT2D eigenvalue weighted by Gasteiger charge is -2.16. The molecular weight excluding hydrogens is 392 g/mol. The first-order valence-corrected chi connectivity index (χ1v) is 9.73. The molecule has 0 aliphatic rings. The number of urea groups is 1. The van der Waals surface area contributed by atoms with E-state index in [2.05, 4.69) is 26.2 Å². The maximum Gasteiger partial charge on any atom is 0.321 e. The average molecular weight is 412 g/mol. The third-order valence-electron chi connectivity index (χ3n) is 3.90. The van der Waals surface area contributed by atoms with Crippen LogP contribution in [0.2, 0.25) is 0 Å². The summed E-state index contributed by atoms with van der Waals surface area (Å²) < 4.78 is 6.70. The van der Waals surface area contributed by atoms with E-state index in [0.717, 1.165) is 17.3 Å². The van der Waals surface area contributed by atoms with Crippen LogP contribution < -0.4 is 15.4 Å². The standard InChI is InChI=1S/C19H20N6O3S/c1-3-20-18(27)21-17(26)16(13-7-5-4-6-8-13)29-19-22-23-24-25(19)14-9-11-15(28-2)12-10-14/h4-12,16H,3H2,1-2H3,(H2,20,21,26,27)/t16-/m1/s1. The lowest BCUT2D eigenvalue weighted by Crippen LogP contribution is -2.41. The Labute approximate surface area is 171 Å². The molecule has 2 N–H and O–H groups in total. The van der Waals surface area contributed by atoms with E-state index in [1.165, 1.54) is 4.68 Å². The van der Waals surface area contributed by atoms with Gasteiger partial charge in [0.05, 0.1) is 12.8 Å². The number of nitrogens with zero attached hydrogens (tertiary/aromatic N) is 4. The molecule has 150 valence electrons. The molecule has 9 nitrogen and oxygen atoms in total. The molecule has 2 aromatic carbocycles. The van der Waals surface area contributed by atoms with Crippen LogP contribution in [0, 0.1) is 0 Å². The van der Waals surface area contributed by atoms with E-state index < -0.39 is 17.2 Å². The van der Waals surface area contributed by atoms with E-state index in [1.807, 2.05) is 42.5 Å². The van der Waals surface area contributed by atoms with Crippen LogP contribution in [-0.4, -0.2) is 45.8 Å². The first kappa shape index (κ1) is 20.3. The lowest BCUT2D eigenvalue weighted by atomic mass is 10.1. The molecule has 29 heavy (non-hydrogen) atoms. The van der Waals surface area contributed by atoms with Crippen LogP contribution in [0.3, 0.4) is 0 Å². The quantitative estimate of drug-likeness (QED) is 0.573. The molecule has 1 aromatic heterocycles. The van der Waals surface area contributed by atoms with Gasteiger partial charge in [-0.1, -0.05) is 42.1 Å². The first-order valence-electron chi connectivity index (χ1n) is 8.85. The van der Waals surface area contributed by atoms with Crippen LogP contribution in [0.5, 0.6) is 5.75 Å². The van der Waals surface area contributed by atoms with Gasteiger partial charge in [0, 0.05) is 6.54 Å². The van der Waals surface area contributed by atoms with Crippen LogP contribution in [0.1, 0.15) is 17.7 Å². The van der Waals surface area contributed by atoms with Crippen molar-refractivity contribution in [3.05, 3.63) is 60.2 Å². The van der Waals surface area contributed by atoms with Gasteiger partial charge in [0.15, 0.2) is 0 Å². The number of imide groups is 1. The van der Waals surface area contributed by atoms with Crippen molar-refractivity contribution in [3.8, 4) is 11.4 Å². The number of amides is 3. The third-order valence-corrected chi connectivity index (χ3v) is 5.08. The molecule has 1 heterocycles. The smallest absolute Gasteiger partial charge is 0.321 e. The highest BCUT2D eigenvalue weighted by molar-refractivity contribution is 8.00. The van der Waals surface area contributed by atoms with Gasteiger partial charge in [-0.25, -0.2) is 4.79 Å². The predicted octanol–water partition coefficient (Wildman–Crippen LogP) is 2.35. The predicted molar refractivity (Wildman–Crippen MR) is 108 cm³/mol. The molecule has 10 heteroatoms. The Morgan fingerprint density at radius 2 is 1.86 bits per heavy atom. The van der Waals surface area contributed by atoms with E-state index in [9.17, 15) is 9.59 Å². The number of carbonyl (C=O) groups excluding carboxylic acids is 2. The Balaban J connectivity index is 1.88. The van der Waals surface area contributed by atoms with Gasteiger partial charge >= 0.3 is 6.03 Å². The molecule has 3 aromatic rings. The van der Waals surface area contributed by atoms with Gasteiger partial charge in [0.25, 0.3) is 0 Å². The minimum absolute atomic E-state index is 0.412. The fourth-order valence-corrected chi connectivity index (χ4v) is 3.52. The first-order chi connectivity index (χ1) is 14.1. The largest absolute Gasteiger partial charge is 0.497 e. The number of methoxy groups -OCH3 is 1. The van der Waals surface area contributed by atoms with Gasteiger partial charge in [0.1, 0.15) is 11.0 Å². The molecule has 0 fully saturated rings. The number of hydrogen-bond donors (Lipinski definition) is 2. The third kappa shape index (κ3) is 5.11. The highest BCUT2D eigenvalue weighted by Gasteiger charge is 2.26. The van der Waals surface area contributed by atoms with E-state index >= 15 is 0 Å². The highest BCUT2D eigenvalue weighted by Crippen LogP contribution is 2.35. The molecule has 0 radical (unpaired) electrons. The summed E-state index contributed by atoms with van der Waals surface area (Å²) >= 11 is 1.15. The fourth-order valence-electron chi connectivity index (χ4n) is 2.53. The van der Waals surface area contributed by atoms with Crippen molar-refractivity contribution in [2.45, 2.75) is 17.3 Å². The summed E-state index contributed by atoms with van der Waals surface area (Å²) in [6, 6.07) is 15.8. The number of hydrogen-bond acceptors (Lipinski definition) is 7. The Hall–Kier alpha value is -3.40. The molecule has 0 bridgehead atoms. The highest BCUT2D eigenvalue weighted by atomic mass is 32.2. The van der Waals surface area contributed by atoms with E-state index in [4.69, 9.17) is 4.74 Å². The maximum atomic E-state index is 12.8. The summed E-state index contributed by atoms with van der Waals surface area (Å²) in [6.07, 6.45) is 0. The molecule has 0 saturated heterocycles. The summed E-state index contributed by atoms with van der Waals surface area (Å²) in [5, 5.41) is 16.4. The lowest BCUT2D eigenvalue weighted by molar-refractivity contribution is -0.119. The molecule has 0 aliphatic carbocycles. The second-order valence-corrected chi connectivity index (χ2v) is 6.90. The molecule has 3 rings (SSSR count). The zero-order valence-corrected chi connectivity index (χ0v) is 16.7. The van der Waals surface area contributed by atoms with Crippen molar-refractivity contribution in [1.82, 2.24) is 30.8 Å². The van der Waals surface area contributed by atoms with Crippen molar-refractivity contribution < 1.29 is 14.3 Å². The maximum absolute atomic E-state index is 12.8. The SMILES string of the molecule is CCNC(=O)NC(=O)[C@H](Sc1nnnn1-c1ccc(OC)cc1)c1ccccc1. The number of carbonyl (C=O) groups is 2. The molecule has 0 saturated carbocycles. The number of ether oxygens (including phenoxy) is 1. The monoisotopic (exact) mass is 412 g/mol. The van der Waals surface area contributed by atoms with Gasteiger partial charge in [-0.15, -0.1) is 5.10 Å². The van der Waals surface area contributed by atoms with E-state index in [1.54, 1.807) is 26.2 Å². The zero-order chi connectivity index (χ0) is 20.6. The van der Waals surface area contributed by atoms with Crippen LogP contribution >= 0.6 is 11.8 Å². The molecule has 0 unspecified atom stereocenters. The summed E-state index contributed by atoms with van der Waals surface area (Å²) in [5.74, 6) is 0.246. The number of tetrazole rings is 1. The van der Waals surface area contributed by atoms with Crippen LogP contribution in [-0.2, 0) is 4.79 Å². The summed E-state index contributed by atoms with van der Waals surface area (Å²) in [5.41, 5.74) is 1.44. The van der Waals surface area contributed by atoms with Crippen molar-refractivity contribution in [2.75, 3.05) is 13.7 Å². The van der Waals surface area contributed by atoms with E-state index in [-0.39, 0.29) is 0 Å². The summed E-state index contributed by atoms with van der Waals surface area (Å²) in [4.78, 5) is 24.6. The second-order valence-electron chi connectivity index (χ2n) is 5.83. The second kappa shape index (κ2) is 9.69. The molecule has 0 aliphatic heterocycles. The fraction of sp³-hybridized carbons (Fsp3) is 0.211. The number of nitrogens with one attached hydrogen (secondary N) is 2. The number of aromatic nitrogens is 4. The van der Waals surface area contributed by atoms with Crippen molar-refractivity contribution >= 4 is 23.7 Å². The summed E-state index contributed by atoms with van der Waals surface area (Å²) in [7, 11) is 1.59. The molecule has 1 atom stereocenters. The van der Waals surface area contributed by atoms with Gasteiger partial charge in [-0.3, -0.25) is 10.1 Å². The van der Waals surface area contributed by atoms with Gasteiger partial charge in [0.2, 0.25) is 11.1 Å². The molecule has 0 spiro atoms. The number of benzene rings is 2. The van der Waals surface area contributed by atoms with Crippen molar-refractivity contribution in [1.29, 1.82) is 0 Å². The van der Waals surface area contributed by atoms with Crippen LogP contribution in [0.4, 0.5) is 4.79 Å². The average Bonchev–Trinajstić information content (AvgIpc) is 3.21. The Bertz CT molecular complexity index is 962. The molecule has 3 amide bonds. The minimum atomic E-state index is -0.721. The van der Waals surface area contributed by atoms with Crippen LogP contribution in [0.25, 0.3) is 5.69 Å². The van der Waals surface area contributed by atoms with Gasteiger partial charge in [-0.2, -0.15) is 4.68 Å². The van der Waals surface area contributed by atoms with Gasteiger partial charge < -0.3 is 10.1 Å². The Morgan fingerprint density at radius 1 is 1.14 bits per heavy atom. The van der Waals surface area contributed by atoms with Crippen molar-refractivity contribution in [3.63, 3.8) is 0 Å². The minimum Gasteiger partial charge on any atom is -0.497 e. The molecular formula is C19H20N6O3S. The number of rotatable bonds is 7. The summed E-state index contributed by atoms with van der Waals surface area (Å²) in [6.45, 7) is 2.19. The van der Waals surface area contributed by atoms with Crippen LogP contribution in [0.15, 0.2) is 59.8 Å². The van der Waals surface area contributed by atoms with Gasteiger partial charge in [-0.05, 0) is 47.2 Å².